The first-order valence-corrected chi connectivity index (χ1v) is 7.23. The molecule has 0 heterocycles. The van der Waals surface area contributed by atoms with Gasteiger partial charge in [-0.3, -0.25) is 4.79 Å². The first kappa shape index (κ1) is 16.0. The molecule has 4 heteroatoms. The monoisotopic (exact) mass is 299 g/mol. The molecule has 116 valence electrons. The number of aliphatic hydroxyl groups is 1. The summed E-state index contributed by atoms with van der Waals surface area (Å²) in [5.41, 5.74) is 2.87. The Balaban J connectivity index is 1.83. The number of carbonyl (C=O) groups excluding carboxylic acids is 1. The number of rotatable bonds is 6. The lowest BCUT2D eigenvalue weighted by Crippen LogP contribution is -2.29. The summed E-state index contributed by atoms with van der Waals surface area (Å²) < 4.78 is 5.07. The average molecular weight is 299 g/mol. The summed E-state index contributed by atoms with van der Waals surface area (Å²) in [7, 11) is 1.59. The van der Waals surface area contributed by atoms with Crippen LogP contribution in [0, 0.1) is 6.92 Å². The van der Waals surface area contributed by atoms with E-state index in [1.54, 1.807) is 31.4 Å². The third-order valence-corrected chi connectivity index (χ3v) is 3.48. The van der Waals surface area contributed by atoms with Crippen LogP contribution in [0.2, 0.25) is 0 Å². The van der Waals surface area contributed by atoms with Crippen LogP contribution in [0.3, 0.4) is 0 Å². The summed E-state index contributed by atoms with van der Waals surface area (Å²) in [5.74, 6) is 0.635. The third-order valence-electron chi connectivity index (χ3n) is 3.48. The van der Waals surface area contributed by atoms with Crippen molar-refractivity contribution in [3.8, 4) is 5.75 Å². The van der Waals surface area contributed by atoms with Crippen molar-refractivity contribution < 1.29 is 14.6 Å². The maximum Gasteiger partial charge on any atom is 0.224 e. The van der Waals surface area contributed by atoms with Crippen LogP contribution in [0.25, 0.3) is 0 Å². The second-order valence-corrected chi connectivity index (χ2v) is 5.26. The van der Waals surface area contributed by atoms with Gasteiger partial charge in [0.2, 0.25) is 5.91 Å². The summed E-state index contributed by atoms with van der Waals surface area (Å²) in [6, 6.07) is 15.0. The van der Waals surface area contributed by atoms with Gasteiger partial charge in [0.25, 0.3) is 0 Å². The van der Waals surface area contributed by atoms with Crippen molar-refractivity contribution in [2.24, 2.45) is 0 Å². The molecule has 2 aromatic carbocycles. The lowest BCUT2D eigenvalue weighted by atomic mass is 10.1. The molecule has 1 amide bonds. The first-order valence-electron chi connectivity index (χ1n) is 7.23. The Kier molecular flexibility index (Phi) is 5.55. The Hall–Kier alpha value is -2.33. The highest BCUT2D eigenvalue weighted by Gasteiger charge is 2.10. The van der Waals surface area contributed by atoms with Gasteiger partial charge in [-0.05, 0) is 30.2 Å². The minimum Gasteiger partial charge on any atom is -0.497 e. The van der Waals surface area contributed by atoms with Crippen molar-refractivity contribution in [3.05, 3.63) is 65.2 Å². The Bertz CT molecular complexity index is 605. The Morgan fingerprint density at radius 2 is 1.77 bits per heavy atom. The van der Waals surface area contributed by atoms with E-state index in [2.05, 4.69) is 5.32 Å². The van der Waals surface area contributed by atoms with Gasteiger partial charge in [-0.1, -0.05) is 42.0 Å². The molecule has 2 rings (SSSR count). The molecule has 2 aromatic rings. The highest BCUT2D eigenvalue weighted by molar-refractivity contribution is 5.78. The number of hydrogen-bond acceptors (Lipinski definition) is 3. The Morgan fingerprint density at radius 1 is 1.14 bits per heavy atom. The number of aliphatic hydroxyl groups excluding tert-OH is 1. The lowest BCUT2D eigenvalue weighted by Gasteiger charge is -2.13. The molecule has 0 radical (unpaired) electrons. The fourth-order valence-electron chi connectivity index (χ4n) is 2.11. The van der Waals surface area contributed by atoms with Gasteiger partial charge in [-0.15, -0.1) is 0 Å². The molecule has 0 aromatic heterocycles. The number of amides is 1. The second kappa shape index (κ2) is 7.61. The number of aryl methyl sites for hydroxylation is 1. The van der Waals surface area contributed by atoms with Crippen molar-refractivity contribution in [3.63, 3.8) is 0 Å². The number of methoxy groups -OCH3 is 1. The maximum atomic E-state index is 11.9. The summed E-state index contributed by atoms with van der Waals surface area (Å²) >= 11 is 0. The van der Waals surface area contributed by atoms with E-state index in [0.717, 1.165) is 16.9 Å². The van der Waals surface area contributed by atoms with Crippen LogP contribution in [-0.4, -0.2) is 24.7 Å². The van der Waals surface area contributed by atoms with Crippen LogP contribution in [0.15, 0.2) is 48.5 Å². The molecule has 0 spiro atoms. The van der Waals surface area contributed by atoms with E-state index >= 15 is 0 Å². The van der Waals surface area contributed by atoms with Gasteiger partial charge in [0.15, 0.2) is 0 Å². The van der Waals surface area contributed by atoms with Crippen molar-refractivity contribution in [2.45, 2.75) is 19.4 Å². The molecule has 0 fully saturated rings. The summed E-state index contributed by atoms with van der Waals surface area (Å²) in [4.78, 5) is 11.9. The van der Waals surface area contributed by atoms with Gasteiger partial charge in [-0.25, -0.2) is 0 Å². The summed E-state index contributed by atoms with van der Waals surface area (Å²) in [5, 5.41) is 12.8. The molecule has 0 saturated heterocycles. The summed E-state index contributed by atoms with van der Waals surface area (Å²) in [6.07, 6.45) is -0.414. The minimum absolute atomic E-state index is 0.101. The third kappa shape index (κ3) is 4.60. The second-order valence-electron chi connectivity index (χ2n) is 5.26. The average Bonchev–Trinajstić information content (AvgIpc) is 2.55. The van der Waals surface area contributed by atoms with Crippen LogP contribution >= 0.6 is 0 Å². The topological polar surface area (TPSA) is 58.6 Å². The first-order chi connectivity index (χ1) is 10.6. The number of nitrogens with one attached hydrogen (secondary N) is 1. The van der Waals surface area contributed by atoms with Crippen molar-refractivity contribution in [1.29, 1.82) is 0 Å². The standard InChI is InChI=1S/C18H21NO3/c1-13-3-5-14(6-4-13)11-18(21)19-12-17(20)15-7-9-16(22-2)10-8-15/h3-10,17,20H,11-12H2,1-2H3,(H,19,21). The molecule has 0 aliphatic carbocycles. The van der Waals surface area contributed by atoms with E-state index in [9.17, 15) is 9.90 Å². The highest BCUT2D eigenvalue weighted by Crippen LogP contribution is 2.17. The van der Waals surface area contributed by atoms with Crippen LogP contribution in [0.1, 0.15) is 22.8 Å². The Labute approximate surface area is 130 Å². The molecular formula is C18H21NO3. The molecule has 22 heavy (non-hydrogen) atoms. The Morgan fingerprint density at radius 3 is 2.36 bits per heavy atom. The minimum atomic E-state index is -0.729. The van der Waals surface area contributed by atoms with Crippen LogP contribution in [0.5, 0.6) is 5.75 Å². The van der Waals surface area contributed by atoms with Gasteiger partial charge >= 0.3 is 0 Å². The van der Waals surface area contributed by atoms with Gasteiger partial charge < -0.3 is 15.2 Å². The fourth-order valence-corrected chi connectivity index (χ4v) is 2.11. The van der Waals surface area contributed by atoms with E-state index < -0.39 is 6.10 Å². The number of benzene rings is 2. The van der Waals surface area contributed by atoms with E-state index in [0.29, 0.717) is 6.42 Å². The summed E-state index contributed by atoms with van der Waals surface area (Å²) in [6.45, 7) is 2.20. The normalized spacial score (nSPS) is 11.8. The zero-order valence-electron chi connectivity index (χ0n) is 12.9. The predicted octanol–water partition coefficient (Wildman–Crippen LogP) is 2.40. The molecule has 1 atom stereocenters. The SMILES string of the molecule is COc1ccc(C(O)CNC(=O)Cc2ccc(C)cc2)cc1. The van der Waals surface area contributed by atoms with E-state index in [4.69, 9.17) is 4.74 Å². The molecular weight excluding hydrogens is 278 g/mol. The molecule has 0 aliphatic rings. The van der Waals surface area contributed by atoms with Gasteiger partial charge in [0.1, 0.15) is 5.75 Å². The quantitative estimate of drug-likeness (QED) is 0.861. The van der Waals surface area contributed by atoms with Crippen LogP contribution < -0.4 is 10.1 Å². The zero-order chi connectivity index (χ0) is 15.9. The lowest BCUT2D eigenvalue weighted by molar-refractivity contribution is -0.120. The van der Waals surface area contributed by atoms with Gasteiger partial charge in [-0.2, -0.15) is 0 Å². The van der Waals surface area contributed by atoms with E-state index in [1.807, 2.05) is 31.2 Å². The molecule has 4 nitrogen and oxygen atoms in total. The number of ether oxygens (including phenoxy) is 1. The van der Waals surface area contributed by atoms with E-state index in [1.165, 1.54) is 5.56 Å². The molecule has 0 aliphatic heterocycles. The van der Waals surface area contributed by atoms with Crippen molar-refractivity contribution in [2.75, 3.05) is 13.7 Å². The van der Waals surface area contributed by atoms with Crippen LogP contribution in [-0.2, 0) is 11.2 Å². The molecule has 1 unspecified atom stereocenters. The largest absolute Gasteiger partial charge is 0.497 e. The smallest absolute Gasteiger partial charge is 0.224 e. The van der Waals surface area contributed by atoms with Crippen molar-refractivity contribution in [1.82, 2.24) is 5.32 Å². The zero-order valence-corrected chi connectivity index (χ0v) is 12.9. The highest BCUT2D eigenvalue weighted by atomic mass is 16.5. The van der Waals surface area contributed by atoms with E-state index in [-0.39, 0.29) is 12.5 Å². The molecule has 0 saturated carbocycles. The number of hydrogen-bond donors (Lipinski definition) is 2. The van der Waals surface area contributed by atoms with Crippen molar-refractivity contribution >= 4 is 5.91 Å². The number of carbonyl (C=O) groups is 1. The molecule has 2 N–H and O–H groups in total. The van der Waals surface area contributed by atoms with Gasteiger partial charge in [0, 0.05) is 6.54 Å². The van der Waals surface area contributed by atoms with Crippen LogP contribution in [0.4, 0.5) is 0 Å². The predicted molar refractivity (Wildman–Crippen MR) is 85.8 cm³/mol. The fraction of sp³-hybridized carbons (Fsp3) is 0.278. The van der Waals surface area contributed by atoms with Gasteiger partial charge in [0.05, 0.1) is 19.6 Å². The molecule has 0 bridgehead atoms. The maximum absolute atomic E-state index is 11.9.